The lowest BCUT2D eigenvalue weighted by Gasteiger charge is -2.15. The van der Waals surface area contributed by atoms with E-state index in [9.17, 15) is 4.79 Å². The number of H-pyrrole nitrogens is 2. The second-order valence-corrected chi connectivity index (χ2v) is 6.87. The molecule has 1 aliphatic heterocycles. The molecule has 3 heterocycles. The van der Waals surface area contributed by atoms with Gasteiger partial charge < -0.3 is 10.1 Å². The van der Waals surface area contributed by atoms with Crippen molar-refractivity contribution in [2.24, 2.45) is 0 Å². The van der Waals surface area contributed by atoms with E-state index in [0.717, 1.165) is 33.8 Å². The monoisotopic (exact) mass is 355 g/mol. The molecule has 1 aromatic carbocycles. The van der Waals surface area contributed by atoms with Crippen LogP contribution in [0.5, 0.6) is 5.75 Å². The van der Waals surface area contributed by atoms with E-state index in [1.807, 2.05) is 37.4 Å². The highest BCUT2D eigenvalue weighted by Crippen LogP contribution is 2.44. The van der Waals surface area contributed by atoms with Gasteiger partial charge in [-0.05, 0) is 31.2 Å². The number of aryl methyl sites for hydroxylation is 1. The first-order valence-corrected chi connectivity index (χ1v) is 8.86. The number of rotatable bonds is 3. The Labute approximate surface area is 148 Å². The number of aromatic nitrogens is 4. The normalized spacial score (nSPS) is 16.9. The molecule has 25 heavy (non-hydrogen) atoms. The summed E-state index contributed by atoms with van der Waals surface area (Å²) in [4.78, 5) is 12.0. The highest BCUT2D eigenvalue weighted by atomic mass is 32.2. The number of hydrogen-bond acceptors (Lipinski definition) is 5. The third kappa shape index (κ3) is 2.78. The summed E-state index contributed by atoms with van der Waals surface area (Å²) < 4.78 is 5.23. The maximum Gasteiger partial charge on any atom is 0.235 e. The summed E-state index contributed by atoms with van der Waals surface area (Å²) in [5.74, 6) is 1.72. The summed E-state index contributed by atoms with van der Waals surface area (Å²) in [7, 11) is 1.64. The van der Waals surface area contributed by atoms with Crippen LogP contribution in [0.1, 0.15) is 22.1 Å². The summed E-state index contributed by atoms with van der Waals surface area (Å²) in [6.07, 6.45) is 1.82. The van der Waals surface area contributed by atoms with Gasteiger partial charge in [0.1, 0.15) is 5.75 Å². The van der Waals surface area contributed by atoms with E-state index in [2.05, 4.69) is 25.7 Å². The van der Waals surface area contributed by atoms with E-state index in [4.69, 9.17) is 4.74 Å². The Hall–Kier alpha value is -2.74. The van der Waals surface area contributed by atoms with Crippen LogP contribution >= 0.6 is 11.8 Å². The lowest BCUT2D eigenvalue weighted by Crippen LogP contribution is -2.12. The molecule has 3 aromatic rings. The summed E-state index contributed by atoms with van der Waals surface area (Å²) >= 11 is 1.57. The van der Waals surface area contributed by atoms with Crippen LogP contribution in [0.2, 0.25) is 0 Å². The number of hydrogen-bond donors (Lipinski definition) is 3. The van der Waals surface area contributed by atoms with Gasteiger partial charge in [0, 0.05) is 22.4 Å². The Morgan fingerprint density at radius 3 is 2.80 bits per heavy atom. The number of anilines is 1. The molecule has 4 rings (SSSR count). The van der Waals surface area contributed by atoms with Gasteiger partial charge in [0.25, 0.3) is 0 Å². The van der Waals surface area contributed by atoms with Crippen LogP contribution in [0.15, 0.2) is 30.5 Å². The van der Waals surface area contributed by atoms with Crippen LogP contribution in [0, 0.1) is 6.92 Å². The van der Waals surface area contributed by atoms with E-state index in [1.54, 1.807) is 18.9 Å². The van der Waals surface area contributed by atoms with Gasteiger partial charge in [-0.3, -0.25) is 15.0 Å². The van der Waals surface area contributed by atoms with Crippen LogP contribution in [-0.4, -0.2) is 39.2 Å². The van der Waals surface area contributed by atoms with Gasteiger partial charge in [-0.2, -0.15) is 10.2 Å². The zero-order valence-corrected chi connectivity index (χ0v) is 14.6. The molecule has 7 nitrogen and oxygen atoms in total. The Balaban J connectivity index is 1.79. The first-order valence-electron chi connectivity index (χ1n) is 7.81. The fraction of sp³-hybridized carbons (Fsp3) is 0.235. The molecule has 0 radical (unpaired) electrons. The number of benzene rings is 1. The highest BCUT2D eigenvalue weighted by Gasteiger charge is 2.30. The number of carbonyl (C=O) groups excluding carboxylic acids is 1. The fourth-order valence-corrected chi connectivity index (χ4v) is 4.20. The molecular formula is C17H17N5O2S. The van der Waals surface area contributed by atoms with Crippen molar-refractivity contribution in [1.29, 1.82) is 0 Å². The Morgan fingerprint density at radius 1 is 1.24 bits per heavy atom. The van der Waals surface area contributed by atoms with Crippen LogP contribution in [0.4, 0.5) is 5.82 Å². The van der Waals surface area contributed by atoms with Crippen molar-refractivity contribution in [2.75, 3.05) is 18.2 Å². The number of amides is 1. The third-order valence-corrected chi connectivity index (χ3v) is 5.48. The minimum Gasteiger partial charge on any atom is -0.497 e. The summed E-state index contributed by atoms with van der Waals surface area (Å²) in [6, 6.07) is 7.81. The van der Waals surface area contributed by atoms with Gasteiger partial charge in [-0.15, -0.1) is 11.8 Å². The van der Waals surface area contributed by atoms with Crippen LogP contribution < -0.4 is 10.1 Å². The van der Waals surface area contributed by atoms with E-state index in [-0.39, 0.29) is 11.2 Å². The molecule has 1 aliphatic rings. The minimum absolute atomic E-state index is 0.0384. The number of carbonyl (C=O) groups is 1. The number of nitrogens with one attached hydrogen (secondary N) is 3. The predicted octanol–water partition coefficient (Wildman–Crippen LogP) is 2.89. The molecule has 1 atom stereocenters. The van der Waals surface area contributed by atoms with Gasteiger partial charge in [0.2, 0.25) is 5.91 Å². The topological polar surface area (TPSA) is 95.7 Å². The predicted molar refractivity (Wildman–Crippen MR) is 96.8 cm³/mol. The number of nitrogens with zero attached hydrogens (tertiary/aromatic N) is 2. The average molecular weight is 355 g/mol. The SMILES string of the molecule is COc1ccc(-c2[nH]ncc2C2SCC(=O)Nc3n[nH]c(C)c32)cc1. The molecule has 2 aromatic heterocycles. The van der Waals surface area contributed by atoms with Crippen molar-refractivity contribution in [1.82, 2.24) is 20.4 Å². The van der Waals surface area contributed by atoms with Crippen molar-refractivity contribution < 1.29 is 9.53 Å². The molecule has 3 N–H and O–H groups in total. The molecule has 0 bridgehead atoms. The van der Waals surface area contributed by atoms with Crippen LogP contribution in [0.3, 0.4) is 0 Å². The number of fused-ring (bicyclic) bond motifs is 1. The molecule has 8 heteroatoms. The average Bonchev–Trinajstić information content (AvgIpc) is 3.20. The van der Waals surface area contributed by atoms with Crippen molar-refractivity contribution in [3.05, 3.63) is 47.3 Å². The molecule has 0 saturated carbocycles. The zero-order chi connectivity index (χ0) is 17.4. The van der Waals surface area contributed by atoms with Crippen molar-refractivity contribution in [3.8, 4) is 17.0 Å². The van der Waals surface area contributed by atoms with Gasteiger partial charge in [0.05, 0.1) is 30.0 Å². The Bertz CT molecular complexity index is 916. The second kappa shape index (κ2) is 6.29. The first kappa shape index (κ1) is 15.8. The number of ether oxygens (including phenoxy) is 1. The van der Waals surface area contributed by atoms with E-state index < -0.39 is 0 Å². The summed E-state index contributed by atoms with van der Waals surface area (Å²) in [5, 5.41) is 17.4. The smallest absolute Gasteiger partial charge is 0.235 e. The number of thioether (sulfide) groups is 1. The van der Waals surface area contributed by atoms with Gasteiger partial charge in [0.15, 0.2) is 5.82 Å². The largest absolute Gasteiger partial charge is 0.497 e. The van der Waals surface area contributed by atoms with E-state index in [1.165, 1.54) is 0 Å². The molecule has 128 valence electrons. The van der Waals surface area contributed by atoms with Crippen molar-refractivity contribution in [3.63, 3.8) is 0 Å². The minimum atomic E-state index is -0.0465. The third-order valence-electron chi connectivity index (χ3n) is 4.23. The Kier molecular flexibility index (Phi) is 3.96. The quantitative estimate of drug-likeness (QED) is 0.671. The standard InChI is InChI=1S/C17H17N5O2S/c1-9-14-16(25-8-13(23)19-17(14)22-20-9)12-7-18-21-15(12)10-3-5-11(24-2)6-4-10/h3-7,16H,8H2,1-2H3,(H,18,21)(H2,19,20,22,23). The van der Waals surface area contributed by atoms with Crippen LogP contribution in [-0.2, 0) is 4.79 Å². The molecule has 0 saturated heterocycles. The molecule has 1 unspecified atom stereocenters. The number of aromatic amines is 2. The fourth-order valence-electron chi connectivity index (χ4n) is 2.99. The van der Waals surface area contributed by atoms with Gasteiger partial charge >= 0.3 is 0 Å². The summed E-state index contributed by atoms with van der Waals surface area (Å²) in [5.41, 5.74) is 4.90. The maximum atomic E-state index is 12.0. The van der Waals surface area contributed by atoms with E-state index >= 15 is 0 Å². The summed E-state index contributed by atoms with van der Waals surface area (Å²) in [6.45, 7) is 1.96. The molecule has 0 spiro atoms. The first-order chi connectivity index (χ1) is 12.2. The van der Waals surface area contributed by atoms with Crippen LogP contribution in [0.25, 0.3) is 11.3 Å². The second-order valence-electron chi connectivity index (χ2n) is 5.78. The molecule has 0 aliphatic carbocycles. The van der Waals surface area contributed by atoms with E-state index in [0.29, 0.717) is 11.6 Å². The lowest BCUT2D eigenvalue weighted by molar-refractivity contribution is -0.113. The number of methoxy groups -OCH3 is 1. The lowest BCUT2D eigenvalue weighted by atomic mass is 10.0. The van der Waals surface area contributed by atoms with Crippen molar-refractivity contribution >= 4 is 23.5 Å². The van der Waals surface area contributed by atoms with Gasteiger partial charge in [-0.25, -0.2) is 0 Å². The molecule has 1 amide bonds. The van der Waals surface area contributed by atoms with Gasteiger partial charge in [-0.1, -0.05) is 0 Å². The Morgan fingerprint density at radius 2 is 2.04 bits per heavy atom. The molecule has 0 fully saturated rings. The highest BCUT2D eigenvalue weighted by molar-refractivity contribution is 8.00. The molecular weight excluding hydrogens is 338 g/mol. The zero-order valence-electron chi connectivity index (χ0n) is 13.8. The van der Waals surface area contributed by atoms with Crippen molar-refractivity contribution in [2.45, 2.75) is 12.2 Å². The maximum absolute atomic E-state index is 12.0.